The lowest BCUT2D eigenvalue weighted by Crippen LogP contribution is -2.51. The number of H-pyrrole nitrogens is 1. The minimum atomic E-state index is -0.408. The summed E-state index contributed by atoms with van der Waals surface area (Å²) in [4.78, 5) is 13.8. The van der Waals surface area contributed by atoms with Gasteiger partial charge in [0.25, 0.3) is 0 Å². The van der Waals surface area contributed by atoms with Gasteiger partial charge in [-0.15, -0.1) is 0 Å². The summed E-state index contributed by atoms with van der Waals surface area (Å²) in [5.41, 5.74) is 3.30. The molecule has 0 amide bonds. The molecule has 9 nitrogen and oxygen atoms in total. The maximum absolute atomic E-state index is 16.4. The Hall–Kier alpha value is -3.81. The number of nitriles is 1. The Bertz CT molecular complexity index is 1530. The van der Waals surface area contributed by atoms with Crippen LogP contribution in [0, 0.1) is 24.1 Å². The normalized spacial score (nSPS) is 20.3. The van der Waals surface area contributed by atoms with Gasteiger partial charge in [0.15, 0.2) is 5.82 Å². The summed E-state index contributed by atoms with van der Waals surface area (Å²) in [7, 11) is 2.09. The molecular weight excluding hydrogens is 483 g/mol. The largest absolute Gasteiger partial charge is 0.462 e. The number of hydrogen-bond donors (Lipinski definition) is 2. The van der Waals surface area contributed by atoms with E-state index in [-0.39, 0.29) is 23.6 Å². The number of rotatable bonds is 6. The first-order valence-corrected chi connectivity index (χ1v) is 13.1. The van der Waals surface area contributed by atoms with Crippen molar-refractivity contribution in [3.05, 3.63) is 41.8 Å². The molecule has 196 valence electrons. The summed E-state index contributed by atoms with van der Waals surface area (Å²) in [5, 5.41) is 21.3. The third-order valence-electron chi connectivity index (χ3n) is 7.84. The Morgan fingerprint density at radius 3 is 2.89 bits per heavy atom. The Kier molecular flexibility index (Phi) is 6.55. The summed E-state index contributed by atoms with van der Waals surface area (Å²) in [6, 6.07) is 10.4. The molecule has 2 aromatic carbocycles. The number of aryl methyl sites for hydroxylation is 1. The molecule has 2 aliphatic heterocycles. The second-order valence-corrected chi connectivity index (χ2v) is 10.3. The van der Waals surface area contributed by atoms with E-state index in [2.05, 4.69) is 43.4 Å². The first-order valence-electron chi connectivity index (χ1n) is 13.1. The maximum Gasteiger partial charge on any atom is 0.319 e. The molecule has 2 saturated heterocycles. The zero-order valence-corrected chi connectivity index (χ0v) is 21.7. The summed E-state index contributed by atoms with van der Waals surface area (Å²) in [6.45, 7) is 5.46. The number of fused-ring (bicyclic) bond motifs is 2. The van der Waals surface area contributed by atoms with Gasteiger partial charge in [-0.2, -0.15) is 20.3 Å². The van der Waals surface area contributed by atoms with E-state index in [0.29, 0.717) is 49.4 Å². The molecule has 2 atom stereocenters. The SMILES string of the molecule is Cc1ccc2[nH]ncc2c1-c1ccc2c(N3CCN[C@@H](CC#N)C3)nc(OC[C@@H]3CCCN3C)nc2c1F. The van der Waals surface area contributed by atoms with E-state index in [0.717, 1.165) is 41.4 Å². The average Bonchev–Trinajstić information content (AvgIpc) is 3.57. The monoisotopic (exact) mass is 514 g/mol. The number of nitrogens with one attached hydrogen (secondary N) is 2. The van der Waals surface area contributed by atoms with Crippen molar-refractivity contribution < 1.29 is 9.13 Å². The van der Waals surface area contributed by atoms with Crippen LogP contribution < -0.4 is 15.0 Å². The maximum atomic E-state index is 16.4. The van der Waals surface area contributed by atoms with Crippen molar-refractivity contribution in [2.45, 2.75) is 38.3 Å². The van der Waals surface area contributed by atoms with Gasteiger partial charge >= 0.3 is 6.01 Å². The van der Waals surface area contributed by atoms with Crippen LogP contribution in [0.1, 0.15) is 24.8 Å². The Morgan fingerprint density at radius 1 is 1.18 bits per heavy atom. The second kappa shape index (κ2) is 10.2. The standard InChI is InChI=1S/C28H31FN8O/c1-17-5-8-23-22(14-32-35-23)24(17)20-6-7-21-26(25(20)29)33-28(38-16-19-4-3-12-36(19)2)34-27(21)37-13-11-31-18(15-37)9-10-30/h5-8,14,18-19,31H,3-4,9,11-13,15-16H2,1-2H3,(H,32,35)/t18-,19-/m0/s1. The molecule has 0 radical (unpaired) electrons. The highest BCUT2D eigenvalue weighted by molar-refractivity contribution is 6.00. The molecule has 4 aromatic rings. The molecule has 0 unspecified atom stereocenters. The van der Waals surface area contributed by atoms with Gasteiger partial charge in [0, 0.05) is 48.1 Å². The summed E-state index contributed by atoms with van der Waals surface area (Å²) in [6.07, 6.45) is 4.31. The van der Waals surface area contributed by atoms with Crippen molar-refractivity contribution >= 4 is 27.6 Å². The topological polar surface area (TPSA) is 106 Å². The quantitative estimate of drug-likeness (QED) is 0.400. The number of hydrogen-bond acceptors (Lipinski definition) is 8. The highest BCUT2D eigenvalue weighted by Crippen LogP contribution is 2.38. The van der Waals surface area contributed by atoms with Crippen LogP contribution in [-0.2, 0) is 0 Å². The molecule has 2 aromatic heterocycles. The lowest BCUT2D eigenvalue weighted by molar-refractivity contribution is 0.188. The highest BCUT2D eigenvalue weighted by atomic mass is 19.1. The molecule has 0 saturated carbocycles. The summed E-state index contributed by atoms with van der Waals surface area (Å²) >= 11 is 0. The van der Waals surface area contributed by atoms with Crippen molar-refractivity contribution in [2.24, 2.45) is 0 Å². The molecule has 0 bridgehead atoms. The number of ether oxygens (including phenoxy) is 1. The first-order chi connectivity index (χ1) is 18.5. The van der Waals surface area contributed by atoms with Crippen LogP contribution in [0.25, 0.3) is 32.9 Å². The molecule has 10 heteroatoms. The van der Waals surface area contributed by atoms with E-state index < -0.39 is 5.82 Å². The second-order valence-electron chi connectivity index (χ2n) is 10.3. The van der Waals surface area contributed by atoms with Crippen molar-refractivity contribution in [2.75, 3.05) is 44.7 Å². The fraction of sp³-hybridized carbons (Fsp3) is 0.429. The number of halogens is 1. The molecular formula is C28H31FN8O. The van der Waals surface area contributed by atoms with Gasteiger partial charge in [-0.3, -0.25) is 5.10 Å². The van der Waals surface area contributed by atoms with Gasteiger partial charge in [0.1, 0.15) is 17.9 Å². The lowest BCUT2D eigenvalue weighted by Gasteiger charge is -2.34. The van der Waals surface area contributed by atoms with Crippen molar-refractivity contribution in [3.63, 3.8) is 0 Å². The number of piperazine rings is 1. The Labute approximate surface area is 220 Å². The Balaban J connectivity index is 1.47. The summed E-state index contributed by atoms with van der Waals surface area (Å²) in [5.74, 6) is 0.229. The van der Waals surface area contributed by atoms with Gasteiger partial charge in [-0.25, -0.2) is 4.39 Å². The van der Waals surface area contributed by atoms with E-state index in [9.17, 15) is 5.26 Å². The van der Waals surface area contributed by atoms with Gasteiger partial charge in [0.2, 0.25) is 0 Å². The van der Waals surface area contributed by atoms with E-state index >= 15 is 4.39 Å². The van der Waals surface area contributed by atoms with Gasteiger partial charge < -0.3 is 19.9 Å². The van der Waals surface area contributed by atoms with Crippen LogP contribution >= 0.6 is 0 Å². The van der Waals surface area contributed by atoms with Crippen molar-refractivity contribution in [1.82, 2.24) is 30.4 Å². The molecule has 38 heavy (non-hydrogen) atoms. The highest BCUT2D eigenvalue weighted by Gasteiger charge is 2.27. The lowest BCUT2D eigenvalue weighted by atomic mass is 9.95. The third-order valence-corrected chi connectivity index (χ3v) is 7.84. The minimum absolute atomic E-state index is 0.0146. The molecule has 4 heterocycles. The number of nitrogens with zero attached hydrogens (tertiary/aromatic N) is 6. The van der Waals surface area contributed by atoms with E-state index in [1.165, 1.54) is 0 Å². The summed E-state index contributed by atoms with van der Waals surface area (Å²) < 4.78 is 22.6. The van der Waals surface area contributed by atoms with Gasteiger partial charge in [-0.1, -0.05) is 12.1 Å². The van der Waals surface area contributed by atoms with E-state index in [1.54, 1.807) is 6.20 Å². The number of benzene rings is 2. The third kappa shape index (κ3) is 4.42. The van der Waals surface area contributed by atoms with Crippen LogP contribution in [-0.4, -0.2) is 77.0 Å². The van der Waals surface area contributed by atoms with Crippen LogP contribution in [0.3, 0.4) is 0 Å². The predicted molar refractivity (Wildman–Crippen MR) is 145 cm³/mol. The average molecular weight is 515 g/mol. The minimum Gasteiger partial charge on any atom is -0.462 e. The molecule has 2 aliphatic rings. The Morgan fingerprint density at radius 2 is 2.08 bits per heavy atom. The van der Waals surface area contributed by atoms with Crippen molar-refractivity contribution in [3.8, 4) is 23.2 Å². The number of anilines is 1. The predicted octanol–water partition coefficient (Wildman–Crippen LogP) is 3.79. The molecule has 0 spiro atoms. The molecule has 2 fully saturated rings. The van der Waals surface area contributed by atoms with Crippen LogP contribution in [0.5, 0.6) is 6.01 Å². The van der Waals surface area contributed by atoms with Gasteiger partial charge in [0.05, 0.1) is 24.2 Å². The van der Waals surface area contributed by atoms with E-state index in [4.69, 9.17) is 9.72 Å². The smallest absolute Gasteiger partial charge is 0.319 e. The van der Waals surface area contributed by atoms with Crippen LogP contribution in [0.4, 0.5) is 10.2 Å². The fourth-order valence-electron chi connectivity index (χ4n) is 5.73. The molecule has 6 rings (SSSR count). The number of aromatic amines is 1. The number of likely N-dealkylation sites (tertiary alicyclic amines) is 1. The molecule has 0 aliphatic carbocycles. The van der Waals surface area contributed by atoms with E-state index in [1.807, 2.05) is 31.2 Å². The fourth-order valence-corrected chi connectivity index (χ4v) is 5.73. The van der Waals surface area contributed by atoms with Crippen LogP contribution in [0.2, 0.25) is 0 Å². The zero-order valence-electron chi connectivity index (χ0n) is 21.7. The van der Waals surface area contributed by atoms with Crippen LogP contribution in [0.15, 0.2) is 30.5 Å². The number of aromatic nitrogens is 4. The van der Waals surface area contributed by atoms with Crippen molar-refractivity contribution in [1.29, 1.82) is 5.26 Å². The zero-order chi connectivity index (χ0) is 26.2. The number of likely N-dealkylation sites (N-methyl/N-ethyl adjacent to an activating group) is 1. The molecule has 2 N–H and O–H groups in total. The first kappa shape index (κ1) is 24.5. The van der Waals surface area contributed by atoms with Gasteiger partial charge in [-0.05, 0) is 56.6 Å².